The van der Waals surface area contributed by atoms with Crippen molar-refractivity contribution in [2.45, 2.75) is 33.7 Å². The molecule has 1 N–H and O–H groups in total. The van der Waals surface area contributed by atoms with E-state index in [0.717, 1.165) is 45.1 Å². The van der Waals surface area contributed by atoms with Crippen molar-refractivity contribution in [3.05, 3.63) is 35.4 Å². The van der Waals surface area contributed by atoms with Crippen LogP contribution in [0.5, 0.6) is 0 Å². The van der Waals surface area contributed by atoms with Crippen LogP contribution >= 0.6 is 0 Å². The van der Waals surface area contributed by atoms with Gasteiger partial charge in [0.05, 0.1) is 0 Å². The van der Waals surface area contributed by atoms with E-state index in [0.29, 0.717) is 5.56 Å². The number of nitrogens with zero attached hydrogens (tertiary/aromatic N) is 2. The maximum atomic E-state index is 13.3. The summed E-state index contributed by atoms with van der Waals surface area (Å²) < 4.78 is 30.7. The molecule has 25 heavy (non-hydrogen) atoms. The van der Waals surface area contributed by atoms with E-state index in [1.54, 1.807) is 0 Å². The molecule has 2 fully saturated rings. The van der Waals surface area contributed by atoms with Gasteiger partial charge in [-0.15, -0.1) is 0 Å². The van der Waals surface area contributed by atoms with Gasteiger partial charge in [-0.05, 0) is 0 Å². The number of hydrogen-bond acceptors (Lipinski definition) is 3. The molecule has 1 aromatic rings. The van der Waals surface area contributed by atoms with Crippen LogP contribution in [0.3, 0.4) is 0 Å². The fraction of sp³-hybridized carbons (Fsp3) is 0.611. The second-order valence-electron chi connectivity index (χ2n) is 7.29. The van der Waals surface area contributed by atoms with Gasteiger partial charge in [-0.2, -0.15) is 0 Å². The van der Waals surface area contributed by atoms with E-state index in [-0.39, 0.29) is 16.1 Å². The van der Waals surface area contributed by atoms with E-state index >= 15 is 0 Å². The normalized spacial score (nSPS) is 22.8. The molecule has 136 valence electrons. The molecule has 1 aromatic carbocycles. The van der Waals surface area contributed by atoms with Crippen LogP contribution < -0.4 is 5.32 Å². The summed E-state index contributed by atoms with van der Waals surface area (Å²) in [6.07, 6.45) is 3.36. The molecule has 0 spiro atoms. The number of carbonyl (C=O) groups is 1. The minimum absolute atomic E-state index is 0.101. The fourth-order valence-corrected chi connectivity index (χ4v) is 15.4. The van der Waals surface area contributed by atoms with E-state index in [1.807, 2.05) is 0 Å². The third-order valence-electron chi connectivity index (χ3n) is 5.46. The van der Waals surface area contributed by atoms with Gasteiger partial charge in [-0.3, -0.25) is 0 Å². The van der Waals surface area contributed by atoms with Crippen molar-refractivity contribution in [2.75, 3.05) is 33.2 Å². The Bertz CT molecular complexity index is 588. The van der Waals surface area contributed by atoms with Gasteiger partial charge in [0.25, 0.3) is 0 Å². The Balaban J connectivity index is 1.60. The van der Waals surface area contributed by atoms with Crippen molar-refractivity contribution in [3.8, 4) is 0 Å². The number of piperazine rings is 1. The van der Waals surface area contributed by atoms with Crippen molar-refractivity contribution in [1.82, 2.24) is 13.1 Å². The number of likely N-dealkylation sites (N-methyl/N-ethyl adjacent to an activating group) is 1. The van der Waals surface area contributed by atoms with Crippen LogP contribution in [0.1, 0.15) is 24.8 Å². The second-order valence-corrected chi connectivity index (χ2v) is 16.6. The topological polar surface area (TPSA) is 35.6 Å². The Morgan fingerprint density at radius 1 is 1.16 bits per heavy atom. The molecule has 0 bridgehead atoms. The van der Waals surface area contributed by atoms with Crippen molar-refractivity contribution in [2.24, 2.45) is 0 Å². The first-order chi connectivity index (χ1) is 12.0. The monoisotopic (exact) mass is 453 g/mol. The number of carbonyl (C=O) groups excluding carboxylic acids is 1. The number of halogens is 2. The third kappa shape index (κ3) is 5.17. The van der Waals surface area contributed by atoms with Crippen LogP contribution in [-0.4, -0.2) is 68.6 Å². The van der Waals surface area contributed by atoms with Gasteiger partial charge < -0.3 is 0 Å². The summed E-state index contributed by atoms with van der Waals surface area (Å²) >= 11 is -2.12. The first kappa shape index (κ1) is 19.1. The average molecular weight is 453 g/mol. The SMILES string of the molecule is CN1CC[N]([In]2[CH2]CCC[CH]2C(=O)NCc2cc(F)cc(F)c2)CC1. The minimum atomic E-state index is -2.12. The van der Waals surface area contributed by atoms with Crippen molar-refractivity contribution < 1.29 is 13.6 Å². The van der Waals surface area contributed by atoms with E-state index in [1.165, 1.54) is 22.7 Å². The zero-order valence-electron chi connectivity index (χ0n) is 14.8. The van der Waals surface area contributed by atoms with Gasteiger partial charge in [0.2, 0.25) is 0 Å². The molecule has 1 unspecified atom stereocenters. The van der Waals surface area contributed by atoms with E-state index in [2.05, 4.69) is 20.2 Å². The standard InChI is InChI=1S/C13H15F2NO.C5H11N2.In/c1-2-3-4-5-13(17)16-9-10-6-11(14)8-12(15)7-10;1-7-4-2-6-3-5-7;/h5-8H,1-4,9H2,(H,16,17);2-5H2,1H3;/q;-1;+1. The molecule has 0 saturated carbocycles. The molecule has 2 saturated heterocycles. The summed E-state index contributed by atoms with van der Waals surface area (Å²) in [7, 11) is 2.15. The molecule has 3 rings (SSSR count). The first-order valence-electron chi connectivity index (χ1n) is 9.18. The van der Waals surface area contributed by atoms with Crippen LogP contribution in [0.25, 0.3) is 0 Å². The number of rotatable bonds is 4. The fourth-order valence-electron chi connectivity index (χ4n) is 4.04. The van der Waals surface area contributed by atoms with Crippen molar-refractivity contribution >= 4 is 27.6 Å². The number of amides is 1. The van der Waals surface area contributed by atoms with E-state index < -0.39 is 33.4 Å². The zero-order valence-corrected chi connectivity index (χ0v) is 18.1. The van der Waals surface area contributed by atoms with E-state index in [4.69, 9.17) is 0 Å². The van der Waals surface area contributed by atoms with Gasteiger partial charge >= 0.3 is 157 Å². The van der Waals surface area contributed by atoms with Gasteiger partial charge in [-0.25, -0.2) is 0 Å². The first-order valence-corrected chi connectivity index (χ1v) is 14.9. The Kier molecular flexibility index (Phi) is 6.74. The Morgan fingerprint density at radius 3 is 2.52 bits per heavy atom. The average Bonchev–Trinajstić information content (AvgIpc) is 2.59. The molecule has 7 heteroatoms. The summed E-state index contributed by atoms with van der Waals surface area (Å²) in [5.41, 5.74) is 0.480. The second kappa shape index (κ2) is 8.82. The summed E-state index contributed by atoms with van der Waals surface area (Å²) in [6, 6.07) is 3.42. The summed E-state index contributed by atoms with van der Waals surface area (Å²) in [4.78, 5) is 15.1. The number of hydrogen-bond donors (Lipinski definition) is 1. The molecule has 1 atom stereocenters. The molecule has 2 heterocycles. The summed E-state index contributed by atoms with van der Waals surface area (Å²) in [6.45, 7) is 4.56. The number of benzene rings is 1. The summed E-state index contributed by atoms with van der Waals surface area (Å²) in [5, 5.41) is 2.94. The Labute approximate surface area is 156 Å². The molecule has 2 aliphatic rings. The molecular formula is C18H26F2InN3O. The van der Waals surface area contributed by atoms with Gasteiger partial charge in [0, 0.05) is 0 Å². The van der Waals surface area contributed by atoms with Crippen LogP contribution in [-0.2, 0) is 11.3 Å². The van der Waals surface area contributed by atoms with Gasteiger partial charge in [0.15, 0.2) is 0 Å². The molecule has 0 radical (unpaired) electrons. The van der Waals surface area contributed by atoms with Crippen molar-refractivity contribution in [3.63, 3.8) is 0 Å². The van der Waals surface area contributed by atoms with Crippen LogP contribution in [0.15, 0.2) is 18.2 Å². The molecule has 2 aliphatic heterocycles. The van der Waals surface area contributed by atoms with Crippen LogP contribution in [0.4, 0.5) is 8.78 Å². The van der Waals surface area contributed by atoms with Crippen LogP contribution in [0.2, 0.25) is 7.85 Å². The molecular weight excluding hydrogens is 427 g/mol. The predicted octanol–water partition coefficient (Wildman–Crippen LogP) is 2.37. The quantitative estimate of drug-likeness (QED) is 0.761. The molecule has 0 aliphatic carbocycles. The Morgan fingerprint density at radius 2 is 1.84 bits per heavy atom. The third-order valence-corrected chi connectivity index (χ3v) is 16.9. The summed E-state index contributed by atoms with van der Waals surface area (Å²) in [5.74, 6) is -1.10. The zero-order chi connectivity index (χ0) is 17.8. The number of nitrogens with one attached hydrogen (secondary N) is 1. The maximum absolute atomic E-state index is 13.3. The van der Waals surface area contributed by atoms with Gasteiger partial charge in [0.1, 0.15) is 0 Å². The molecule has 0 aromatic heterocycles. The van der Waals surface area contributed by atoms with Crippen molar-refractivity contribution in [1.29, 1.82) is 0 Å². The molecule has 1 amide bonds. The van der Waals surface area contributed by atoms with E-state index in [9.17, 15) is 13.6 Å². The van der Waals surface area contributed by atoms with Crippen LogP contribution in [0, 0.1) is 11.6 Å². The van der Waals surface area contributed by atoms with Gasteiger partial charge in [-0.1, -0.05) is 0 Å². The molecule has 4 nitrogen and oxygen atoms in total. The Hall–Kier alpha value is -0.660. The predicted molar refractivity (Wildman–Crippen MR) is 95.4 cm³/mol.